The van der Waals surface area contributed by atoms with Gasteiger partial charge in [0.1, 0.15) is 11.6 Å². The van der Waals surface area contributed by atoms with Gasteiger partial charge in [-0.2, -0.15) is 0 Å². The fourth-order valence-corrected chi connectivity index (χ4v) is 4.34. The van der Waals surface area contributed by atoms with E-state index in [4.69, 9.17) is 10.5 Å². The minimum atomic E-state index is -0.705. The summed E-state index contributed by atoms with van der Waals surface area (Å²) in [5.41, 5.74) is 7.81. The second-order valence-electron chi connectivity index (χ2n) is 7.91. The van der Waals surface area contributed by atoms with Crippen LogP contribution < -0.4 is 15.4 Å². The van der Waals surface area contributed by atoms with Crippen molar-refractivity contribution in [2.45, 2.75) is 31.7 Å². The minimum Gasteiger partial charge on any atom is -0.480 e. The van der Waals surface area contributed by atoms with Crippen molar-refractivity contribution in [3.63, 3.8) is 0 Å². The molecule has 0 radical (unpaired) electrons. The van der Waals surface area contributed by atoms with E-state index in [-0.39, 0.29) is 23.4 Å². The number of likely N-dealkylation sites (tertiary alicyclic amines) is 1. The van der Waals surface area contributed by atoms with Crippen molar-refractivity contribution in [2.75, 3.05) is 38.2 Å². The van der Waals surface area contributed by atoms with Gasteiger partial charge in [-0.1, -0.05) is 0 Å². The highest BCUT2D eigenvalue weighted by molar-refractivity contribution is 6.04. The summed E-state index contributed by atoms with van der Waals surface area (Å²) in [5.74, 6) is -1.32. The van der Waals surface area contributed by atoms with Crippen molar-refractivity contribution in [1.82, 2.24) is 9.88 Å². The van der Waals surface area contributed by atoms with Crippen LogP contribution in [0.3, 0.4) is 0 Å². The van der Waals surface area contributed by atoms with E-state index in [1.165, 1.54) is 25.4 Å². The first-order chi connectivity index (χ1) is 14.5. The lowest BCUT2D eigenvalue weighted by atomic mass is 9.99. The Morgan fingerprint density at radius 1 is 1.13 bits per heavy atom. The molecular weight excluding hydrogens is 390 g/mol. The van der Waals surface area contributed by atoms with Gasteiger partial charge in [0.15, 0.2) is 0 Å². The summed E-state index contributed by atoms with van der Waals surface area (Å²) < 4.78 is 33.6. The molecule has 0 saturated carbocycles. The quantitative estimate of drug-likeness (QED) is 0.829. The second-order valence-corrected chi connectivity index (χ2v) is 7.91. The van der Waals surface area contributed by atoms with Gasteiger partial charge in [0.2, 0.25) is 5.88 Å². The smallest absolute Gasteiger partial charge is 0.257 e. The highest BCUT2D eigenvalue weighted by Crippen LogP contribution is 2.42. The predicted molar refractivity (Wildman–Crippen MR) is 111 cm³/mol. The monoisotopic (exact) mass is 416 g/mol. The maximum atomic E-state index is 14.1. The third-order valence-electron chi connectivity index (χ3n) is 5.78. The molecule has 2 aliphatic heterocycles. The first-order valence-corrected chi connectivity index (χ1v) is 10.3. The van der Waals surface area contributed by atoms with Crippen molar-refractivity contribution in [3.05, 3.63) is 41.6 Å². The summed E-state index contributed by atoms with van der Waals surface area (Å²) in [6.07, 6.45) is 5.29. The maximum Gasteiger partial charge on any atom is 0.257 e. The Bertz CT molecular complexity index is 927. The van der Waals surface area contributed by atoms with Crippen molar-refractivity contribution in [3.8, 4) is 17.0 Å². The maximum absolute atomic E-state index is 14.1. The molecule has 0 aliphatic carbocycles. The number of carbonyl (C=O) groups is 1. The normalized spacial score (nSPS) is 19.3. The summed E-state index contributed by atoms with van der Waals surface area (Å²) in [7, 11) is 1.45. The van der Waals surface area contributed by atoms with Gasteiger partial charge in [-0.3, -0.25) is 4.79 Å². The zero-order valence-corrected chi connectivity index (χ0v) is 17.0. The van der Waals surface area contributed by atoms with Gasteiger partial charge in [-0.25, -0.2) is 13.8 Å². The number of ether oxygens (including phenoxy) is 1. The Morgan fingerprint density at radius 2 is 1.83 bits per heavy atom. The number of amides is 1. The van der Waals surface area contributed by atoms with Crippen LogP contribution >= 0.6 is 0 Å². The number of halogens is 2. The molecule has 2 saturated heterocycles. The molecule has 0 unspecified atom stereocenters. The lowest BCUT2D eigenvalue weighted by molar-refractivity contribution is 0.0724. The molecule has 4 rings (SSSR count). The number of rotatable bonds is 4. The van der Waals surface area contributed by atoms with Crippen molar-refractivity contribution in [2.24, 2.45) is 5.73 Å². The molecule has 1 aromatic carbocycles. The number of piperidine rings is 1. The SMILES string of the molecule is COc1ncc(C(=O)N2CCCCC2)c(N2CC[C@H](N)C2)c1-c1cc(F)cc(F)c1. The molecule has 2 aromatic rings. The van der Waals surface area contributed by atoms with E-state index in [0.29, 0.717) is 43.0 Å². The molecule has 6 nitrogen and oxygen atoms in total. The standard InChI is InChI=1S/C22H26F2N4O2/c1-30-21-19(14-9-15(23)11-16(24)10-14)20(28-8-5-17(25)13-28)18(12-26-21)22(29)27-6-3-2-4-7-27/h9-12,17H,2-8,13,25H2,1H3/t17-/m0/s1. The fraction of sp³-hybridized carbons (Fsp3) is 0.455. The van der Waals surface area contributed by atoms with Crippen LogP contribution in [0.15, 0.2) is 24.4 Å². The van der Waals surface area contributed by atoms with E-state index in [0.717, 1.165) is 31.7 Å². The highest BCUT2D eigenvalue weighted by atomic mass is 19.1. The number of nitrogens with two attached hydrogens (primary N) is 1. The summed E-state index contributed by atoms with van der Waals surface area (Å²) >= 11 is 0. The van der Waals surface area contributed by atoms with Crippen LogP contribution in [0.5, 0.6) is 5.88 Å². The average molecular weight is 416 g/mol. The molecule has 1 atom stereocenters. The molecule has 160 valence electrons. The van der Waals surface area contributed by atoms with Gasteiger partial charge in [0, 0.05) is 44.5 Å². The van der Waals surface area contributed by atoms with Crippen LogP contribution in [0.2, 0.25) is 0 Å². The molecule has 2 fully saturated rings. The van der Waals surface area contributed by atoms with Crippen LogP contribution in [-0.2, 0) is 0 Å². The molecular formula is C22H26F2N4O2. The number of nitrogens with zero attached hydrogens (tertiary/aromatic N) is 3. The Kier molecular flexibility index (Phi) is 5.85. The largest absolute Gasteiger partial charge is 0.480 e. The molecule has 1 amide bonds. The predicted octanol–water partition coefficient (Wildman–Crippen LogP) is 3.20. The summed E-state index contributed by atoms with van der Waals surface area (Å²) in [4.78, 5) is 21.6. The summed E-state index contributed by atoms with van der Waals surface area (Å²) in [6.45, 7) is 2.55. The first-order valence-electron chi connectivity index (χ1n) is 10.3. The molecule has 3 heterocycles. The Labute approximate surface area is 174 Å². The third kappa shape index (κ3) is 3.96. The van der Waals surface area contributed by atoms with E-state index in [2.05, 4.69) is 4.98 Å². The fourth-order valence-electron chi connectivity index (χ4n) is 4.34. The Hall–Kier alpha value is -2.74. The van der Waals surface area contributed by atoms with E-state index in [9.17, 15) is 13.6 Å². The van der Waals surface area contributed by atoms with Gasteiger partial charge >= 0.3 is 0 Å². The lowest BCUT2D eigenvalue weighted by Gasteiger charge is -2.30. The lowest BCUT2D eigenvalue weighted by Crippen LogP contribution is -2.37. The molecule has 0 bridgehead atoms. The van der Waals surface area contributed by atoms with E-state index >= 15 is 0 Å². The topological polar surface area (TPSA) is 71.7 Å². The Balaban J connectivity index is 1.91. The summed E-state index contributed by atoms with van der Waals surface area (Å²) in [6, 6.07) is 3.24. The van der Waals surface area contributed by atoms with E-state index in [1.807, 2.05) is 9.80 Å². The number of aromatic nitrogens is 1. The number of carbonyl (C=O) groups excluding carboxylic acids is 1. The Morgan fingerprint density at radius 3 is 2.43 bits per heavy atom. The zero-order valence-electron chi connectivity index (χ0n) is 17.0. The molecule has 2 aliphatic rings. The van der Waals surface area contributed by atoms with Crippen LogP contribution in [-0.4, -0.2) is 55.1 Å². The number of benzene rings is 1. The van der Waals surface area contributed by atoms with Gasteiger partial charge < -0.3 is 20.3 Å². The molecule has 30 heavy (non-hydrogen) atoms. The number of hydrogen-bond acceptors (Lipinski definition) is 5. The van der Waals surface area contributed by atoms with Crippen LogP contribution in [0.25, 0.3) is 11.1 Å². The van der Waals surface area contributed by atoms with Crippen molar-refractivity contribution < 1.29 is 18.3 Å². The average Bonchev–Trinajstić information content (AvgIpc) is 3.18. The number of methoxy groups -OCH3 is 1. The molecule has 8 heteroatoms. The van der Waals surface area contributed by atoms with Crippen LogP contribution in [0.1, 0.15) is 36.0 Å². The van der Waals surface area contributed by atoms with Gasteiger partial charge in [-0.15, -0.1) is 0 Å². The second kappa shape index (κ2) is 8.55. The third-order valence-corrected chi connectivity index (χ3v) is 5.78. The van der Waals surface area contributed by atoms with Crippen LogP contribution in [0.4, 0.5) is 14.5 Å². The zero-order chi connectivity index (χ0) is 21.3. The van der Waals surface area contributed by atoms with Gasteiger partial charge in [0.05, 0.1) is 23.9 Å². The first kappa shape index (κ1) is 20.5. The number of pyridine rings is 1. The number of hydrogen-bond donors (Lipinski definition) is 1. The van der Waals surface area contributed by atoms with Crippen LogP contribution in [0, 0.1) is 11.6 Å². The molecule has 1 aromatic heterocycles. The summed E-state index contributed by atoms with van der Waals surface area (Å²) in [5, 5.41) is 0. The van der Waals surface area contributed by atoms with E-state index in [1.54, 1.807) is 0 Å². The highest BCUT2D eigenvalue weighted by Gasteiger charge is 2.31. The molecule has 2 N–H and O–H groups in total. The van der Waals surface area contributed by atoms with Gasteiger partial charge in [-0.05, 0) is 43.4 Å². The number of anilines is 1. The van der Waals surface area contributed by atoms with Crippen molar-refractivity contribution in [1.29, 1.82) is 0 Å². The molecule has 0 spiro atoms. The van der Waals surface area contributed by atoms with E-state index < -0.39 is 11.6 Å². The minimum absolute atomic E-state index is 0.0424. The van der Waals surface area contributed by atoms with Gasteiger partial charge in [0.25, 0.3) is 5.91 Å². The van der Waals surface area contributed by atoms with Crippen molar-refractivity contribution >= 4 is 11.6 Å².